The molecule has 0 amide bonds. The molecule has 0 unspecified atom stereocenters. The third-order valence-corrected chi connectivity index (χ3v) is 3.47. The van der Waals surface area contributed by atoms with Crippen LogP contribution in [0.2, 0.25) is 0 Å². The Bertz CT molecular complexity index is 368. The minimum Gasteiger partial charge on any atom is -0.234 e. The van der Waals surface area contributed by atoms with E-state index in [2.05, 4.69) is 6.92 Å². The largest absolute Gasteiger partial charge is 0.234 e. The highest BCUT2D eigenvalue weighted by molar-refractivity contribution is 5.42. The van der Waals surface area contributed by atoms with E-state index < -0.39 is 0 Å². The summed E-state index contributed by atoms with van der Waals surface area (Å²) in [5.41, 5.74) is 0.667. The van der Waals surface area contributed by atoms with Gasteiger partial charge in [0.05, 0.1) is 6.54 Å². The molecule has 0 saturated heterocycles. The number of benzene rings is 1. The fourth-order valence-corrected chi connectivity index (χ4v) is 2.30. The van der Waals surface area contributed by atoms with Gasteiger partial charge >= 0.3 is 0 Å². The zero-order valence-corrected chi connectivity index (χ0v) is 12.5. The van der Waals surface area contributed by atoms with Crippen molar-refractivity contribution in [2.45, 2.75) is 58.3 Å². The van der Waals surface area contributed by atoms with E-state index in [4.69, 9.17) is 0 Å². The Hall–Kier alpha value is -1.58. The molecular weight excluding hydrogens is 252 g/mol. The van der Waals surface area contributed by atoms with E-state index in [1.165, 1.54) is 43.5 Å². The monoisotopic (exact) mass is 278 g/mol. The minimum atomic E-state index is -0.309. The van der Waals surface area contributed by atoms with Crippen molar-refractivity contribution in [3.05, 3.63) is 40.4 Å². The second-order valence-electron chi connectivity index (χ2n) is 5.17. The molecule has 112 valence electrons. The van der Waals surface area contributed by atoms with Gasteiger partial charge in [-0.15, -0.1) is 0 Å². The molecule has 0 saturated carbocycles. The van der Waals surface area contributed by atoms with E-state index in [9.17, 15) is 10.1 Å². The number of nitro groups is 1. The molecule has 0 aromatic heterocycles. The number of hydrazine groups is 1. The minimum absolute atomic E-state index is 0.309. The first-order valence-electron chi connectivity index (χ1n) is 7.72. The van der Waals surface area contributed by atoms with Crippen LogP contribution in [-0.4, -0.2) is 11.6 Å². The lowest BCUT2D eigenvalue weighted by molar-refractivity contribution is -0.494. The molecule has 4 nitrogen and oxygen atoms in total. The van der Waals surface area contributed by atoms with E-state index in [-0.39, 0.29) is 5.03 Å². The Balaban J connectivity index is 2.19. The first-order chi connectivity index (χ1) is 9.75. The predicted octanol–water partition coefficient (Wildman–Crippen LogP) is 4.83. The smallest absolute Gasteiger partial charge is 0.165 e. The van der Waals surface area contributed by atoms with Crippen molar-refractivity contribution in [1.82, 2.24) is 0 Å². The zero-order chi connectivity index (χ0) is 14.6. The van der Waals surface area contributed by atoms with Gasteiger partial charge < -0.3 is 0 Å². The van der Waals surface area contributed by atoms with Gasteiger partial charge in [-0.05, 0) is 18.6 Å². The highest BCUT2D eigenvalue weighted by atomic mass is 16.7. The summed E-state index contributed by atoms with van der Waals surface area (Å²) in [6.45, 7) is 2.71. The molecule has 0 radical (unpaired) electrons. The number of rotatable bonds is 11. The van der Waals surface area contributed by atoms with Crippen LogP contribution in [0.15, 0.2) is 30.3 Å². The standard InChI is InChI=1S/C16H26N2O2/c1-2-3-4-5-6-7-8-12-15-17(18(19)20)16-13-10-9-11-14-16/h9-11,13-14H,2-8,12,15H2,1H3. The van der Waals surface area contributed by atoms with Crippen LogP contribution in [0.25, 0.3) is 0 Å². The maximum absolute atomic E-state index is 11.1. The third kappa shape index (κ3) is 6.55. The SMILES string of the molecule is CCCCCCCCCCN(c1ccccc1)[N+](=O)[O-]. The van der Waals surface area contributed by atoms with Crippen LogP contribution < -0.4 is 5.01 Å². The molecule has 0 aliphatic rings. The zero-order valence-electron chi connectivity index (χ0n) is 12.5. The summed E-state index contributed by atoms with van der Waals surface area (Å²) in [7, 11) is 0. The van der Waals surface area contributed by atoms with Crippen molar-refractivity contribution in [2.24, 2.45) is 0 Å². The highest BCUT2D eigenvalue weighted by Gasteiger charge is 2.15. The molecule has 0 fully saturated rings. The van der Waals surface area contributed by atoms with Crippen LogP contribution in [-0.2, 0) is 0 Å². The Labute approximate surface area is 121 Å². The summed E-state index contributed by atoms with van der Waals surface area (Å²) in [6, 6.07) is 9.11. The summed E-state index contributed by atoms with van der Waals surface area (Å²) in [5.74, 6) is 0. The van der Waals surface area contributed by atoms with Crippen molar-refractivity contribution in [3.63, 3.8) is 0 Å². The first-order valence-corrected chi connectivity index (χ1v) is 7.72. The molecule has 0 aliphatic carbocycles. The molecule has 4 heteroatoms. The molecule has 1 rings (SSSR count). The Kier molecular flexibility index (Phi) is 8.43. The summed E-state index contributed by atoms with van der Waals surface area (Å²) >= 11 is 0. The normalized spacial score (nSPS) is 10.4. The van der Waals surface area contributed by atoms with Crippen LogP contribution in [0.4, 0.5) is 5.69 Å². The lowest BCUT2D eigenvalue weighted by Gasteiger charge is -2.13. The van der Waals surface area contributed by atoms with Gasteiger partial charge in [-0.3, -0.25) is 0 Å². The molecule has 1 aromatic rings. The van der Waals surface area contributed by atoms with Crippen molar-refractivity contribution in [1.29, 1.82) is 0 Å². The van der Waals surface area contributed by atoms with Gasteiger partial charge in [0.25, 0.3) is 0 Å². The second kappa shape index (κ2) is 10.2. The lowest BCUT2D eigenvalue weighted by atomic mass is 10.1. The number of unbranched alkanes of at least 4 members (excludes halogenated alkanes) is 7. The summed E-state index contributed by atoms with van der Waals surface area (Å²) in [6.07, 6.45) is 9.60. The predicted molar refractivity (Wildman–Crippen MR) is 83.4 cm³/mol. The molecule has 0 atom stereocenters. The second-order valence-corrected chi connectivity index (χ2v) is 5.17. The maximum atomic E-state index is 11.1. The fourth-order valence-electron chi connectivity index (χ4n) is 2.30. The average molecular weight is 278 g/mol. The molecule has 20 heavy (non-hydrogen) atoms. The van der Waals surface area contributed by atoms with E-state index in [1.807, 2.05) is 18.2 Å². The van der Waals surface area contributed by atoms with Crippen LogP contribution in [0, 0.1) is 10.1 Å². The van der Waals surface area contributed by atoms with Gasteiger partial charge in [-0.2, -0.15) is 0 Å². The summed E-state index contributed by atoms with van der Waals surface area (Å²) in [4.78, 5) is 11.1. The van der Waals surface area contributed by atoms with E-state index in [0.717, 1.165) is 12.8 Å². The summed E-state index contributed by atoms with van der Waals surface area (Å²) < 4.78 is 0. The number of para-hydroxylation sites is 1. The first kappa shape index (κ1) is 16.5. The molecule has 0 heterocycles. The number of hydrogen-bond acceptors (Lipinski definition) is 2. The van der Waals surface area contributed by atoms with Gasteiger partial charge in [0.2, 0.25) is 0 Å². The van der Waals surface area contributed by atoms with E-state index in [0.29, 0.717) is 12.2 Å². The van der Waals surface area contributed by atoms with Crippen LogP contribution in [0.5, 0.6) is 0 Å². The van der Waals surface area contributed by atoms with Crippen LogP contribution in [0.3, 0.4) is 0 Å². The molecular formula is C16H26N2O2. The van der Waals surface area contributed by atoms with Crippen LogP contribution in [0.1, 0.15) is 58.3 Å². The number of anilines is 1. The van der Waals surface area contributed by atoms with Crippen LogP contribution >= 0.6 is 0 Å². The topological polar surface area (TPSA) is 46.4 Å². The number of hydrogen-bond donors (Lipinski definition) is 0. The third-order valence-electron chi connectivity index (χ3n) is 3.47. The van der Waals surface area contributed by atoms with Gasteiger partial charge in [0, 0.05) is 0 Å². The Morgan fingerprint density at radius 3 is 2.05 bits per heavy atom. The molecule has 1 aromatic carbocycles. The molecule has 0 bridgehead atoms. The fraction of sp³-hybridized carbons (Fsp3) is 0.625. The van der Waals surface area contributed by atoms with Gasteiger partial charge in [0.15, 0.2) is 5.03 Å². The number of nitrogens with zero attached hydrogens (tertiary/aromatic N) is 2. The maximum Gasteiger partial charge on any atom is 0.165 e. The Morgan fingerprint density at radius 1 is 0.950 bits per heavy atom. The average Bonchev–Trinajstić information content (AvgIpc) is 2.46. The molecule has 0 aliphatic heterocycles. The molecule has 0 N–H and O–H groups in total. The van der Waals surface area contributed by atoms with Crippen molar-refractivity contribution >= 4 is 5.69 Å². The summed E-state index contributed by atoms with van der Waals surface area (Å²) in [5, 5.41) is 12.0. The molecule has 0 spiro atoms. The van der Waals surface area contributed by atoms with E-state index >= 15 is 0 Å². The van der Waals surface area contributed by atoms with Crippen molar-refractivity contribution in [3.8, 4) is 0 Å². The van der Waals surface area contributed by atoms with Gasteiger partial charge in [-0.1, -0.05) is 75.1 Å². The van der Waals surface area contributed by atoms with Gasteiger partial charge in [0.1, 0.15) is 5.69 Å². The lowest BCUT2D eigenvalue weighted by Crippen LogP contribution is -2.30. The van der Waals surface area contributed by atoms with Crippen molar-refractivity contribution < 1.29 is 5.03 Å². The Morgan fingerprint density at radius 2 is 1.50 bits per heavy atom. The van der Waals surface area contributed by atoms with E-state index in [1.54, 1.807) is 12.1 Å². The van der Waals surface area contributed by atoms with Crippen molar-refractivity contribution in [2.75, 3.05) is 11.6 Å². The van der Waals surface area contributed by atoms with Gasteiger partial charge in [-0.25, -0.2) is 10.1 Å². The highest BCUT2D eigenvalue weighted by Crippen LogP contribution is 2.15. The quantitative estimate of drug-likeness (QED) is 0.331.